The third kappa shape index (κ3) is 5.33. The van der Waals surface area contributed by atoms with E-state index in [0.29, 0.717) is 0 Å². The van der Waals surface area contributed by atoms with E-state index in [-0.39, 0.29) is 12.8 Å². The van der Waals surface area contributed by atoms with Gasteiger partial charge in [-0.2, -0.15) is 0 Å². The van der Waals surface area contributed by atoms with Gasteiger partial charge in [-0.05, 0) is 12.8 Å². The Balaban J connectivity index is 4.50. The van der Waals surface area contributed by atoms with Crippen LogP contribution in [-0.2, 0) is 19.1 Å². The van der Waals surface area contributed by atoms with Crippen LogP contribution in [0.4, 0.5) is 0 Å². The van der Waals surface area contributed by atoms with E-state index < -0.39 is 35.7 Å². The molecular weight excluding hydrogens is 228 g/mol. The molecule has 2 N–H and O–H groups in total. The number of hydrogen-bond acceptors (Lipinski definition) is 4. The maximum absolute atomic E-state index is 11.2. The van der Waals surface area contributed by atoms with E-state index >= 15 is 0 Å². The Labute approximate surface area is 99.6 Å². The van der Waals surface area contributed by atoms with Crippen LogP contribution >= 0.6 is 0 Å². The number of carboxylic acids is 2. The average molecular weight is 246 g/mol. The van der Waals surface area contributed by atoms with Gasteiger partial charge in [0.05, 0.1) is 24.9 Å². The van der Waals surface area contributed by atoms with Gasteiger partial charge in [-0.3, -0.25) is 14.4 Å². The van der Waals surface area contributed by atoms with Gasteiger partial charge in [-0.1, -0.05) is 13.8 Å². The monoisotopic (exact) mass is 246 g/mol. The third-order valence-electron chi connectivity index (χ3n) is 2.65. The van der Waals surface area contributed by atoms with Gasteiger partial charge in [-0.25, -0.2) is 0 Å². The van der Waals surface area contributed by atoms with Crippen LogP contribution in [0, 0.1) is 17.8 Å². The second-order valence-corrected chi connectivity index (χ2v) is 4.17. The van der Waals surface area contributed by atoms with Crippen molar-refractivity contribution in [3.63, 3.8) is 0 Å². The number of aliphatic carboxylic acids is 2. The van der Waals surface area contributed by atoms with Gasteiger partial charge in [0.15, 0.2) is 0 Å². The maximum Gasteiger partial charge on any atom is 0.308 e. The number of hydrogen-bond donors (Lipinski definition) is 2. The lowest BCUT2D eigenvalue weighted by atomic mass is 9.88. The number of carbonyl (C=O) groups excluding carboxylic acids is 1. The van der Waals surface area contributed by atoms with Crippen LogP contribution in [0.15, 0.2) is 0 Å². The SMILES string of the molecule is COC(=O)C(C)CC(CC(C)C(=O)O)C(=O)O. The number of esters is 1. The Hall–Kier alpha value is -1.59. The lowest BCUT2D eigenvalue weighted by Crippen LogP contribution is -2.25. The summed E-state index contributed by atoms with van der Waals surface area (Å²) in [6.07, 6.45) is 0.0889. The topological polar surface area (TPSA) is 101 Å². The molecule has 0 fully saturated rings. The number of carboxylic acid groups (broad SMARTS) is 2. The lowest BCUT2D eigenvalue weighted by Gasteiger charge is -2.17. The minimum Gasteiger partial charge on any atom is -0.481 e. The fourth-order valence-electron chi connectivity index (χ4n) is 1.55. The van der Waals surface area contributed by atoms with Gasteiger partial charge in [0.25, 0.3) is 0 Å². The van der Waals surface area contributed by atoms with Crippen LogP contribution in [-0.4, -0.2) is 35.2 Å². The number of ether oxygens (including phenoxy) is 1. The normalized spacial score (nSPS) is 15.7. The first-order valence-electron chi connectivity index (χ1n) is 5.33. The highest BCUT2D eigenvalue weighted by atomic mass is 16.5. The van der Waals surface area contributed by atoms with E-state index in [9.17, 15) is 14.4 Å². The van der Waals surface area contributed by atoms with Crippen LogP contribution < -0.4 is 0 Å². The van der Waals surface area contributed by atoms with Gasteiger partial charge in [-0.15, -0.1) is 0 Å². The molecule has 98 valence electrons. The van der Waals surface area contributed by atoms with Gasteiger partial charge < -0.3 is 14.9 Å². The first kappa shape index (κ1) is 15.4. The Kier molecular flexibility index (Phi) is 6.23. The molecule has 0 aliphatic heterocycles. The summed E-state index contributed by atoms with van der Waals surface area (Å²) < 4.78 is 4.50. The second kappa shape index (κ2) is 6.88. The van der Waals surface area contributed by atoms with E-state index in [0.717, 1.165) is 0 Å². The van der Waals surface area contributed by atoms with Gasteiger partial charge in [0.1, 0.15) is 0 Å². The van der Waals surface area contributed by atoms with Crippen molar-refractivity contribution in [1.29, 1.82) is 0 Å². The zero-order chi connectivity index (χ0) is 13.6. The summed E-state index contributed by atoms with van der Waals surface area (Å²) in [7, 11) is 1.23. The lowest BCUT2D eigenvalue weighted by molar-refractivity contribution is -0.148. The Morgan fingerprint density at radius 2 is 1.47 bits per heavy atom. The largest absolute Gasteiger partial charge is 0.481 e. The van der Waals surface area contributed by atoms with E-state index in [1.54, 1.807) is 6.92 Å². The molecule has 0 aliphatic carbocycles. The molecule has 0 radical (unpaired) electrons. The summed E-state index contributed by atoms with van der Waals surface area (Å²) in [5, 5.41) is 17.7. The van der Waals surface area contributed by atoms with Crippen molar-refractivity contribution in [2.24, 2.45) is 17.8 Å². The fourth-order valence-corrected chi connectivity index (χ4v) is 1.55. The van der Waals surface area contributed by atoms with Crippen LogP contribution in [0.3, 0.4) is 0 Å². The minimum atomic E-state index is -1.09. The van der Waals surface area contributed by atoms with Gasteiger partial charge in [0.2, 0.25) is 0 Å². The van der Waals surface area contributed by atoms with E-state index in [2.05, 4.69) is 4.74 Å². The van der Waals surface area contributed by atoms with E-state index in [4.69, 9.17) is 10.2 Å². The predicted molar refractivity (Wildman–Crippen MR) is 58.3 cm³/mol. The van der Waals surface area contributed by atoms with Gasteiger partial charge >= 0.3 is 17.9 Å². The van der Waals surface area contributed by atoms with Crippen molar-refractivity contribution in [3.05, 3.63) is 0 Å². The van der Waals surface area contributed by atoms with Crippen LogP contribution in [0.2, 0.25) is 0 Å². The first-order valence-corrected chi connectivity index (χ1v) is 5.33. The molecule has 0 bridgehead atoms. The molecule has 3 atom stereocenters. The van der Waals surface area contributed by atoms with Gasteiger partial charge in [0, 0.05) is 0 Å². The molecule has 0 spiro atoms. The first-order chi connectivity index (χ1) is 7.79. The van der Waals surface area contributed by atoms with E-state index in [1.165, 1.54) is 14.0 Å². The van der Waals surface area contributed by atoms with Crippen molar-refractivity contribution in [1.82, 2.24) is 0 Å². The molecule has 3 unspecified atom stereocenters. The molecule has 6 heteroatoms. The van der Waals surface area contributed by atoms with Crippen molar-refractivity contribution in [2.45, 2.75) is 26.7 Å². The number of methoxy groups -OCH3 is 1. The summed E-state index contributed by atoms with van der Waals surface area (Å²) in [6, 6.07) is 0. The highest BCUT2D eigenvalue weighted by Crippen LogP contribution is 2.21. The number of rotatable bonds is 7. The highest BCUT2D eigenvalue weighted by molar-refractivity contribution is 5.76. The Morgan fingerprint density at radius 3 is 1.82 bits per heavy atom. The summed E-state index contributed by atoms with van der Waals surface area (Å²) in [5.41, 5.74) is 0. The molecule has 0 aromatic carbocycles. The highest BCUT2D eigenvalue weighted by Gasteiger charge is 2.28. The maximum atomic E-state index is 11.2. The van der Waals surface area contributed by atoms with E-state index in [1.807, 2.05) is 0 Å². The molecule has 0 amide bonds. The van der Waals surface area contributed by atoms with Crippen molar-refractivity contribution in [2.75, 3.05) is 7.11 Å². The predicted octanol–water partition coefficient (Wildman–Crippen LogP) is 0.997. The fraction of sp³-hybridized carbons (Fsp3) is 0.727. The number of carbonyl (C=O) groups is 3. The molecule has 0 rings (SSSR count). The molecule has 17 heavy (non-hydrogen) atoms. The second-order valence-electron chi connectivity index (χ2n) is 4.17. The molecule has 0 aromatic heterocycles. The summed E-state index contributed by atoms with van der Waals surface area (Å²) in [5.74, 6) is -4.77. The molecule has 0 heterocycles. The van der Waals surface area contributed by atoms with Crippen LogP contribution in [0.1, 0.15) is 26.7 Å². The smallest absolute Gasteiger partial charge is 0.308 e. The minimum absolute atomic E-state index is 0.00595. The molecule has 0 aromatic rings. The van der Waals surface area contributed by atoms with Crippen LogP contribution in [0.25, 0.3) is 0 Å². The molecule has 0 aliphatic rings. The van der Waals surface area contributed by atoms with Crippen molar-refractivity contribution < 1.29 is 29.3 Å². The summed E-state index contributed by atoms with van der Waals surface area (Å²) in [4.78, 5) is 32.8. The third-order valence-corrected chi connectivity index (χ3v) is 2.65. The molecule has 0 saturated heterocycles. The zero-order valence-corrected chi connectivity index (χ0v) is 10.2. The molecule has 0 saturated carbocycles. The summed E-state index contributed by atoms with van der Waals surface area (Å²) in [6.45, 7) is 3.01. The van der Waals surface area contributed by atoms with Crippen molar-refractivity contribution in [3.8, 4) is 0 Å². The van der Waals surface area contributed by atoms with Crippen LogP contribution in [0.5, 0.6) is 0 Å². The quantitative estimate of drug-likeness (QED) is 0.650. The standard InChI is InChI=1S/C11H18O6/c1-6(9(12)13)4-8(10(14)15)5-7(2)11(16)17-3/h6-8H,4-5H2,1-3H3,(H,12,13)(H,14,15). The molecule has 6 nitrogen and oxygen atoms in total. The Morgan fingerprint density at radius 1 is 1.00 bits per heavy atom. The average Bonchev–Trinajstić information content (AvgIpc) is 2.26. The summed E-state index contributed by atoms with van der Waals surface area (Å²) >= 11 is 0. The van der Waals surface area contributed by atoms with Crippen molar-refractivity contribution >= 4 is 17.9 Å². The zero-order valence-electron chi connectivity index (χ0n) is 10.2. The molecular formula is C11H18O6. The Bertz CT molecular complexity index is 298.